The molecule has 0 heterocycles. The molecule has 2 N–H and O–H groups in total. The van der Waals surface area contributed by atoms with Gasteiger partial charge in [0.05, 0.1) is 12.1 Å². The Hall–Kier alpha value is -2.60. The van der Waals surface area contributed by atoms with Crippen molar-refractivity contribution < 1.29 is 19.8 Å². The van der Waals surface area contributed by atoms with Crippen molar-refractivity contribution in [2.45, 2.75) is 90.9 Å². The van der Waals surface area contributed by atoms with Crippen LogP contribution in [-0.4, -0.2) is 22.2 Å². The topological polar surface area (TPSA) is 122 Å². The quantitative estimate of drug-likeness (QED) is 0.221. The second kappa shape index (κ2) is 20.7. The first-order chi connectivity index (χ1) is 13.4. The monoisotopic (exact) mass is 390 g/mol. The molecule has 0 amide bonds. The van der Waals surface area contributed by atoms with E-state index in [2.05, 4.69) is 13.8 Å². The molecule has 0 radical (unpaired) electrons. The smallest absolute Gasteiger partial charge is 0.332 e. The first-order valence-electron chi connectivity index (χ1n) is 10.1. The van der Waals surface area contributed by atoms with Crippen LogP contribution in [0.5, 0.6) is 0 Å². The molecule has 0 aromatic heterocycles. The van der Waals surface area contributed by atoms with Gasteiger partial charge in [-0.15, -0.1) is 0 Å². The van der Waals surface area contributed by atoms with Crippen LogP contribution in [0.4, 0.5) is 0 Å². The Morgan fingerprint density at radius 1 is 0.679 bits per heavy atom. The summed E-state index contributed by atoms with van der Waals surface area (Å²) in [6, 6.07) is 3.51. The van der Waals surface area contributed by atoms with Crippen molar-refractivity contribution in [2.75, 3.05) is 0 Å². The lowest BCUT2D eigenvalue weighted by atomic mass is 10.1. The predicted molar refractivity (Wildman–Crippen MR) is 109 cm³/mol. The van der Waals surface area contributed by atoms with Crippen molar-refractivity contribution in [1.82, 2.24) is 0 Å². The number of rotatable bonds is 14. The zero-order valence-electron chi connectivity index (χ0n) is 17.2. The van der Waals surface area contributed by atoms with Gasteiger partial charge in [0, 0.05) is 23.3 Å². The Balaban J connectivity index is 0. The molecule has 28 heavy (non-hydrogen) atoms. The molecule has 6 nitrogen and oxygen atoms in total. The summed E-state index contributed by atoms with van der Waals surface area (Å²) in [5.74, 6) is -1.94. The lowest BCUT2D eigenvalue weighted by molar-refractivity contribution is -0.133. The molecule has 0 aromatic rings. The van der Waals surface area contributed by atoms with Gasteiger partial charge >= 0.3 is 11.9 Å². The summed E-state index contributed by atoms with van der Waals surface area (Å²) in [6.07, 6.45) is 14.2. The van der Waals surface area contributed by atoms with Crippen LogP contribution in [0.25, 0.3) is 0 Å². The van der Waals surface area contributed by atoms with Gasteiger partial charge in [0.15, 0.2) is 0 Å². The Morgan fingerprint density at radius 3 is 1.32 bits per heavy atom. The number of allylic oxidation sites excluding steroid dienone is 2. The first-order valence-corrected chi connectivity index (χ1v) is 10.1. The van der Waals surface area contributed by atoms with Crippen molar-refractivity contribution in [1.29, 1.82) is 10.5 Å². The van der Waals surface area contributed by atoms with Gasteiger partial charge in [-0.25, -0.2) is 9.59 Å². The molecule has 0 aliphatic rings. The van der Waals surface area contributed by atoms with Gasteiger partial charge in [0.25, 0.3) is 0 Å². The Bertz CT molecular complexity index is 580. The maximum absolute atomic E-state index is 10.6. The predicted octanol–water partition coefficient (Wildman–Crippen LogP) is 5.76. The van der Waals surface area contributed by atoms with Crippen LogP contribution in [0.15, 0.2) is 23.3 Å². The molecule has 0 bridgehead atoms. The summed E-state index contributed by atoms with van der Waals surface area (Å²) < 4.78 is 0. The number of unbranched alkanes of at least 4 members (excludes halogenated alkanes) is 8. The van der Waals surface area contributed by atoms with Crippen LogP contribution in [0, 0.1) is 22.7 Å². The number of nitriles is 2. The number of hydrogen-bond acceptors (Lipinski definition) is 4. The Morgan fingerprint density at radius 2 is 1.00 bits per heavy atom. The molecule has 0 aromatic carbocycles. The molecule has 0 saturated heterocycles. The van der Waals surface area contributed by atoms with Crippen LogP contribution in [0.1, 0.15) is 90.9 Å². The van der Waals surface area contributed by atoms with E-state index < -0.39 is 11.9 Å². The van der Waals surface area contributed by atoms with E-state index in [9.17, 15) is 9.59 Å². The summed E-state index contributed by atoms with van der Waals surface area (Å²) >= 11 is 0. The van der Waals surface area contributed by atoms with Gasteiger partial charge < -0.3 is 10.2 Å². The van der Waals surface area contributed by atoms with Crippen LogP contribution in [0.2, 0.25) is 0 Å². The average Bonchev–Trinajstić information content (AvgIpc) is 2.66. The number of aliphatic carboxylic acids is 2. The van der Waals surface area contributed by atoms with E-state index in [0.717, 1.165) is 57.1 Å². The SMILES string of the molecule is CCCCCC/C(=C/C#N)C(=O)O.CCCCCCCC/C(=C/C#N)C(=O)O. The highest BCUT2D eigenvalue weighted by atomic mass is 16.4. The minimum Gasteiger partial charge on any atom is -0.478 e. The second-order valence-corrected chi connectivity index (χ2v) is 6.54. The van der Waals surface area contributed by atoms with Crippen molar-refractivity contribution in [3.8, 4) is 12.1 Å². The third-order valence-electron chi connectivity index (χ3n) is 4.13. The summed E-state index contributed by atoms with van der Waals surface area (Å²) in [5.41, 5.74) is 0.451. The Kier molecular flexibility index (Phi) is 20.4. The minimum atomic E-state index is -0.974. The van der Waals surface area contributed by atoms with E-state index in [-0.39, 0.29) is 11.1 Å². The van der Waals surface area contributed by atoms with Gasteiger partial charge in [0.1, 0.15) is 0 Å². The molecule has 0 saturated carbocycles. The number of carboxylic acids is 2. The largest absolute Gasteiger partial charge is 0.478 e. The van der Waals surface area contributed by atoms with Crippen LogP contribution in [0.3, 0.4) is 0 Å². The highest BCUT2D eigenvalue weighted by molar-refractivity contribution is 5.87. The van der Waals surface area contributed by atoms with Gasteiger partial charge in [-0.1, -0.05) is 65.2 Å². The van der Waals surface area contributed by atoms with Gasteiger partial charge in [-0.05, 0) is 25.7 Å². The van der Waals surface area contributed by atoms with Gasteiger partial charge in [-0.3, -0.25) is 0 Å². The fourth-order valence-electron chi connectivity index (χ4n) is 2.48. The molecule has 0 atom stereocenters. The molecule has 0 spiro atoms. The molecule has 0 aliphatic heterocycles. The van der Waals surface area contributed by atoms with E-state index in [1.54, 1.807) is 12.1 Å². The van der Waals surface area contributed by atoms with Crippen LogP contribution < -0.4 is 0 Å². The highest BCUT2D eigenvalue weighted by Gasteiger charge is 2.06. The van der Waals surface area contributed by atoms with Crippen molar-refractivity contribution in [3.05, 3.63) is 23.3 Å². The summed E-state index contributed by atoms with van der Waals surface area (Å²) in [7, 11) is 0. The normalized spacial score (nSPS) is 11.0. The third kappa shape index (κ3) is 18.2. The van der Waals surface area contributed by atoms with Crippen molar-refractivity contribution >= 4 is 11.9 Å². The van der Waals surface area contributed by atoms with E-state index in [0.29, 0.717) is 12.8 Å². The summed E-state index contributed by atoms with van der Waals surface area (Å²) in [5, 5.41) is 34.0. The maximum atomic E-state index is 10.6. The number of carboxylic acid groups (broad SMARTS) is 2. The summed E-state index contributed by atoms with van der Waals surface area (Å²) in [4.78, 5) is 21.2. The van der Waals surface area contributed by atoms with Gasteiger partial charge in [-0.2, -0.15) is 10.5 Å². The second-order valence-electron chi connectivity index (χ2n) is 6.54. The molecule has 0 unspecified atom stereocenters. The molecule has 156 valence electrons. The lowest BCUT2D eigenvalue weighted by Gasteiger charge is -2.01. The molecule has 6 heteroatoms. The van der Waals surface area contributed by atoms with Crippen molar-refractivity contribution in [2.24, 2.45) is 0 Å². The lowest BCUT2D eigenvalue weighted by Crippen LogP contribution is -2.00. The van der Waals surface area contributed by atoms with E-state index in [1.165, 1.54) is 19.3 Å². The molecule has 0 fully saturated rings. The number of hydrogen-bond donors (Lipinski definition) is 2. The van der Waals surface area contributed by atoms with Gasteiger partial charge in [0.2, 0.25) is 0 Å². The molecule has 0 rings (SSSR count). The third-order valence-corrected chi connectivity index (χ3v) is 4.13. The van der Waals surface area contributed by atoms with E-state index in [4.69, 9.17) is 20.7 Å². The van der Waals surface area contributed by atoms with Crippen molar-refractivity contribution in [3.63, 3.8) is 0 Å². The molecular formula is C22H34N2O4. The fraction of sp³-hybridized carbons (Fsp3) is 0.636. The van der Waals surface area contributed by atoms with Crippen LogP contribution >= 0.6 is 0 Å². The minimum absolute atomic E-state index is 0.221. The molecular weight excluding hydrogens is 356 g/mol. The first kappa shape index (κ1) is 27.6. The maximum Gasteiger partial charge on any atom is 0.332 e. The highest BCUT2D eigenvalue weighted by Crippen LogP contribution is 2.12. The number of carbonyl (C=O) groups is 2. The fourth-order valence-corrected chi connectivity index (χ4v) is 2.48. The van der Waals surface area contributed by atoms with E-state index in [1.807, 2.05) is 0 Å². The average molecular weight is 391 g/mol. The van der Waals surface area contributed by atoms with Crippen LogP contribution in [-0.2, 0) is 9.59 Å². The molecule has 0 aliphatic carbocycles. The zero-order chi connectivity index (χ0) is 21.6. The Labute approximate surface area is 169 Å². The number of nitrogens with zero attached hydrogens (tertiary/aromatic N) is 2. The standard InChI is InChI=1S/C12H19NO2.C10H15NO2/c1-2-3-4-5-6-7-8-11(9-10-13)12(14)15;1-2-3-4-5-6-9(7-8-11)10(12)13/h9H,2-8H2,1H3,(H,14,15);7H,2-6H2,1H3,(H,12,13)/b11-9-;9-7-. The van der Waals surface area contributed by atoms with E-state index >= 15 is 0 Å². The summed E-state index contributed by atoms with van der Waals surface area (Å²) in [6.45, 7) is 4.27. The zero-order valence-corrected chi connectivity index (χ0v) is 17.2.